The van der Waals surface area contributed by atoms with E-state index < -0.39 is 0 Å². The smallest absolute Gasteiger partial charge is 0.245 e. The maximum atomic E-state index is 5.41. The Morgan fingerprint density at radius 1 is 1.12 bits per heavy atom. The van der Waals surface area contributed by atoms with Crippen LogP contribution in [0.1, 0.15) is 5.56 Å². The fourth-order valence-electron chi connectivity index (χ4n) is 2.61. The van der Waals surface area contributed by atoms with Crippen molar-refractivity contribution in [2.75, 3.05) is 43.1 Å². The van der Waals surface area contributed by atoms with Gasteiger partial charge in [0.05, 0.1) is 13.2 Å². The lowest BCUT2D eigenvalue weighted by atomic mass is 10.2. The number of fused-ring (bicyclic) bond motifs is 1. The van der Waals surface area contributed by atoms with Crippen LogP contribution in [0, 0.1) is 0 Å². The Hall–Kier alpha value is -2.81. The second-order valence-electron chi connectivity index (χ2n) is 5.44. The maximum Gasteiger partial charge on any atom is 0.245 e. The van der Waals surface area contributed by atoms with Gasteiger partial charge in [-0.2, -0.15) is 0 Å². The van der Waals surface area contributed by atoms with Crippen molar-refractivity contribution >= 4 is 22.9 Å². The van der Waals surface area contributed by atoms with Crippen molar-refractivity contribution in [3.05, 3.63) is 30.1 Å². The van der Waals surface area contributed by atoms with Crippen molar-refractivity contribution in [3.8, 4) is 0 Å². The van der Waals surface area contributed by atoms with Crippen LogP contribution >= 0.6 is 0 Å². The third kappa shape index (κ3) is 3.11. The van der Waals surface area contributed by atoms with Crippen LogP contribution < -0.4 is 10.2 Å². The molecular formula is C15H17N7O2. The Balaban J connectivity index is 1.55. The normalized spacial score (nSPS) is 14.9. The number of hydrogen-bond donors (Lipinski definition) is 1. The van der Waals surface area contributed by atoms with Gasteiger partial charge in [-0.1, -0.05) is 6.07 Å². The van der Waals surface area contributed by atoms with Crippen molar-refractivity contribution in [3.63, 3.8) is 0 Å². The summed E-state index contributed by atoms with van der Waals surface area (Å²) in [4.78, 5) is 15.3. The zero-order valence-electron chi connectivity index (χ0n) is 13.1. The van der Waals surface area contributed by atoms with Crippen LogP contribution in [0.2, 0.25) is 0 Å². The van der Waals surface area contributed by atoms with E-state index in [1.54, 1.807) is 6.20 Å². The van der Waals surface area contributed by atoms with Crippen LogP contribution in [0.3, 0.4) is 0 Å². The summed E-state index contributed by atoms with van der Waals surface area (Å²) in [6.07, 6.45) is 4.47. The number of hydrogen-bond acceptors (Lipinski definition) is 9. The van der Waals surface area contributed by atoms with Gasteiger partial charge in [0.15, 0.2) is 11.6 Å². The maximum absolute atomic E-state index is 5.41. The number of aromatic nitrogens is 5. The molecule has 4 heterocycles. The lowest BCUT2D eigenvalue weighted by Gasteiger charge is -2.28. The Bertz CT molecular complexity index is 802. The molecule has 1 aliphatic rings. The van der Waals surface area contributed by atoms with Crippen LogP contribution in [0.4, 0.5) is 11.6 Å². The van der Waals surface area contributed by atoms with Gasteiger partial charge in [0, 0.05) is 32.0 Å². The fourth-order valence-corrected chi connectivity index (χ4v) is 2.61. The SMILES string of the molecule is c1cncc(CCNc2nc3nonc3nc2N2CCOCC2)c1. The molecule has 24 heavy (non-hydrogen) atoms. The van der Waals surface area contributed by atoms with E-state index in [0.29, 0.717) is 36.9 Å². The third-order valence-corrected chi connectivity index (χ3v) is 3.84. The van der Waals surface area contributed by atoms with Gasteiger partial charge in [-0.15, -0.1) is 0 Å². The second-order valence-corrected chi connectivity index (χ2v) is 5.44. The zero-order valence-corrected chi connectivity index (χ0v) is 13.1. The van der Waals surface area contributed by atoms with Gasteiger partial charge in [0.1, 0.15) is 0 Å². The molecule has 1 aliphatic heterocycles. The Morgan fingerprint density at radius 3 is 2.75 bits per heavy atom. The average Bonchev–Trinajstić information content (AvgIpc) is 3.10. The highest BCUT2D eigenvalue weighted by molar-refractivity contribution is 5.74. The molecule has 0 spiro atoms. The highest BCUT2D eigenvalue weighted by Gasteiger charge is 2.20. The average molecular weight is 327 g/mol. The van der Waals surface area contributed by atoms with Gasteiger partial charge in [-0.3, -0.25) is 4.98 Å². The van der Waals surface area contributed by atoms with Crippen molar-refractivity contribution < 1.29 is 9.37 Å². The van der Waals surface area contributed by atoms with Crippen LogP contribution in [0.5, 0.6) is 0 Å². The number of nitrogens with zero attached hydrogens (tertiary/aromatic N) is 6. The molecule has 0 aliphatic carbocycles. The van der Waals surface area contributed by atoms with E-state index >= 15 is 0 Å². The highest BCUT2D eigenvalue weighted by Crippen LogP contribution is 2.24. The summed E-state index contributed by atoms with van der Waals surface area (Å²) in [5.74, 6) is 1.44. The molecule has 0 saturated carbocycles. The molecule has 9 heteroatoms. The fraction of sp³-hybridized carbons (Fsp3) is 0.400. The standard InChI is InChI=1S/C15H17N7O2/c1-2-11(10-16-4-1)3-5-17-14-15(22-6-8-23-9-7-22)19-13-12(18-14)20-24-21-13/h1-2,4,10H,3,5-9H2,(H,17,18,20). The summed E-state index contributed by atoms with van der Waals surface area (Å²) in [5.41, 5.74) is 1.97. The van der Waals surface area contributed by atoms with Gasteiger partial charge >= 0.3 is 0 Å². The predicted octanol–water partition coefficient (Wildman–Crippen LogP) is 0.899. The Kier molecular flexibility index (Phi) is 4.15. The first-order chi connectivity index (χ1) is 11.9. The molecular weight excluding hydrogens is 310 g/mol. The Morgan fingerprint density at radius 2 is 1.96 bits per heavy atom. The van der Waals surface area contributed by atoms with Gasteiger partial charge in [-0.05, 0) is 28.4 Å². The quantitative estimate of drug-likeness (QED) is 0.732. The summed E-state index contributed by atoms with van der Waals surface area (Å²) in [6.45, 7) is 3.60. The summed E-state index contributed by atoms with van der Waals surface area (Å²) >= 11 is 0. The largest absolute Gasteiger partial charge is 0.378 e. The van der Waals surface area contributed by atoms with E-state index in [1.165, 1.54) is 0 Å². The number of pyridine rings is 1. The summed E-state index contributed by atoms with van der Waals surface area (Å²) in [5, 5.41) is 10.9. The van der Waals surface area contributed by atoms with Crippen molar-refractivity contribution in [1.29, 1.82) is 0 Å². The van der Waals surface area contributed by atoms with Gasteiger partial charge in [0.25, 0.3) is 0 Å². The minimum atomic E-state index is 0.399. The molecule has 3 aromatic heterocycles. The van der Waals surface area contributed by atoms with Crippen molar-refractivity contribution in [2.45, 2.75) is 6.42 Å². The molecule has 0 amide bonds. The molecule has 0 bridgehead atoms. The number of morpholine rings is 1. The lowest BCUT2D eigenvalue weighted by molar-refractivity contribution is 0.122. The minimum absolute atomic E-state index is 0.399. The molecule has 124 valence electrons. The molecule has 0 aromatic carbocycles. The molecule has 0 radical (unpaired) electrons. The van der Waals surface area contributed by atoms with Gasteiger partial charge < -0.3 is 15.0 Å². The van der Waals surface area contributed by atoms with E-state index in [1.807, 2.05) is 18.3 Å². The molecule has 0 unspecified atom stereocenters. The van der Waals surface area contributed by atoms with Gasteiger partial charge in [0.2, 0.25) is 11.3 Å². The van der Waals surface area contributed by atoms with Crippen LogP contribution in [-0.2, 0) is 11.2 Å². The van der Waals surface area contributed by atoms with Gasteiger partial charge in [-0.25, -0.2) is 14.6 Å². The first-order valence-electron chi connectivity index (χ1n) is 7.86. The second kappa shape index (κ2) is 6.75. The summed E-state index contributed by atoms with van der Waals surface area (Å²) in [6, 6.07) is 3.98. The van der Waals surface area contributed by atoms with Crippen LogP contribution in [-0.4, -0.2) is 58.1 Å². The van der Waals surface area contributed by atoms with E-state index in [2.05, 4.69) is 35.5 Å². The van der Waals surface area contributed by atoms with E-state index in [4.69, 9.17) is 9.37 Å². The molecule has 0 atom stereocenters. The van der Waals surface area contributed by atoms with Crippen molar-refractivity contribution in [2.24, 2.45) is 0 Å². The van der Waals surface area contributed by atoms with E-state index in [-0.39, 0.29) is 0 Å². The molecule has 1 N–H and O–H groups in total. The lowest BCUT2D eigenvalue weighted by Crippen LogP contribution is -2.37. The molecule has 1 saturated heterocycles. The number of ether oxygens (including phenoxy) is 1. The third-order valence-electron chi connectivity index (χ3n) is 3.84. The van der Waals surface area contributed by atoms with Crippen LogP contribution in [0.25, 0.3) is 11.3 Å². The van der Waals surface area contributed by atoms with E-state index in [0.717, 1.165) is 30.9 Å². The summed E-state index contributed by atoms with van der Waals surface area (Å²) < 4.78 is 10.1. The molecule has 9 nitrogen and oxygen atoms in total. The van der Waals surface area contributed by atoms with E-state index in [9.17, 15) is 0 Å². The first-order valence-corrected chi connectivity index (χ1v) is 7.86. The Labute approximate surface area is 138 Å². The summed E-state index contributed by atoms with van der Waals surface area (Å²) in [7, 11) is 0. The number of anilines is 2. The topological polar surface area (TPSA) is 102 Å². The number of rotatable bonds is 5. The predicted molar refractivity (Wildman–Crippen MR) is 86.9 cm³/mol. The monoisotopic (exact) mass is 327 g/mol. The number of nitrogens with one attached hydrogen (secondary N) is 1. The van der Waals surface area contributed by atoms with Crippen molar-refractivity contribution in [1.82, 2.24) is 25.3 Å². The minimum Gasteiger partial charge on any atom is -0.378 e. The van der Waals surface area contributed by atoms with Crippen LogP contribution in [0.15, 0.2) is 29.2 Å². The highest BCUT2D eigenvalue weighted by atomic mass is 16.6. The molecule has 1 fully saturated rings. The molecule has 4 rings (SSSR count). The molecule has 3 aromatic rings. The first kappa shape index (κ1) is 14.8. The zero-order chi connectivity index (χ0) is 16.2.